The van der Waals surface area contributed by atoms with Gasteiger partial charge in [-0.1, -0.05) is 35.2 Å². The Morgan fingerprint density at radius 2 is 1.81 bits per heavy atom. The highest BCUT2D eigenvalue weighted by molar-refractivity contribution is 7.99. The maximum absolute atomic E-state index is 12.7. The zero-order valence-electron chi connectivity index (χ0n) is 20.2. The van der Waals surface area contributed by atoms with Crippen molar-refractivity contribution in [1.82, 2.24) is 30.3 Å². The van der Waals surface area contributed by atoms with Crippen LogP contribution in [0.5, 0.6) is 5.75 Å². The number of carbonyl (C=O) groups excluding carboxylic acids is 2. The Kier molecular flexibility index (Phi) is 7.96. The van der Waals surface area contributed by atoms with Crippen molar-refractivity contribution >= 4 is 40.0 Å². The van der Waals surface area contributed by atoms with Crippen molar-refractivity contribution in [2.75, 3.05) is 18.2 Å². The molecule has 0 unspecified atom stereocenters. The molecule has 0 atom stereocenters. The minimum Gasteiger partial charge on any atom is -0.497 e. The summed E-state index contributed by atoms with van der Waals surface area (Å²) in [4.78, 5) is 25.2. The van der Waals surface area contributed by atoms with Crippen LogP contribution in [0.3, 0.4) is 0 Å². The molecule has 0 bridgehead atoms. The summed E-state index contributed by atoms with van der Waals surface area (Å²) < 4.78 is 7.03. The summed E-state index contributed by atoms with van der Waals surface area (Å²) in [5.74, 6) is 0.872. The van der Waals surface area contributed by atoms with Crippen LogP contribution in [0.4, 0.5) is 5.13 Å². The first-order chi connectivity index (χ1) is 17.3. The number of amides is 2. The lowest BCUT2D eigenvalue weighted by molar-refractivity contribution is -0.113. The number of benzene rings is 2. The van der Waals surface area contributed by atoms with E-state index < -0.39 is 0 Å². The van der Waals surface area contributed by atoms with E-state index in [4.69, 9.17) is 4.74 Å². The largest absolute Gasteiger partial charge is 0.497 e. The zero-order valence-corrected chi connectivity index (χ0v) is 21.9. The SMILES string of the molecule is COc1ccc(C(=O)NCc2nnc(SCC(=O)Nc3nnc(C)s3)n2-c2cc(C)ccc2C)cc1. The van der Waals surface area contributed by atoms with Gasteiger partial charge < -0.3 is 10.1 Å². The number of anilines is 1. The molecule has 2 heterocycles. The second kappa shape index (κ2) is 11.3. The molecule has 0 spiro atoms. The standard InChI is InChI=1S/C24H25N7O3S2/c1-14-5-6-15(2)19(11-14)31-20(12-25-22(33)17-7-9-18(34-4)10-8-17)28-30-24(31)35-13-21(32)26-23-29-27-16(3)36-23/h5-11H,12-13H2,1-4H3,(H,25,33)(H,26,29,32). The molecule has 0 saturated carbocycles. The van der Waals surface area contributed by atoms with Gasteiger partial charge in [-0.05, 0) is 62.2 Å². The molecule has 0 fully saturated rings. The van der Waals surface area contributed by atoms with Crippen molar-refractivity contribution in [2.24, 2.45) is 0 Å². The Labute approximate surface area is 216 Å². The van der Waals surface area contributed by atoms with E-state index in [2.05, 4.69) is 31.0 Å². The smallest absolute Gasteiger partial charge is 0.251 e. The lowest BCUT2D eigenvalue weighted by Gasteiger charge is -2.14. The van der Waals surface area contributed by atoms with Crippen molar-refractivity contribution in [2.45, 2.75) is 32.5 Å². The summed E-state index contributed by atoms with van der Waals surface area (Å²) >= 11 is 2.56. The Bertz CT molecular complexity index is 1380. The quantitative estimate of drug-likeness (QED) is 0.318. The fourth-order valence-corrected chi connectivity index (χ4v) is 4.72. The van der Waals surface area contributed by atoms with E-state index in [-0.39, 0.29) is 24.1 Å². The number of hydrogen-bond donors (Lipinski definition) is 2. The molecule has 0 aliphatic carbocycles. The molecule has 2 amide bonds. The molecular formula is C24H25N7O3S2. The maximum atomic E-state index is 12.7. The molecule has 4 rings (SSSR count). The van der Waals surface area contributed by atoms with Crippen molar-refractivity contribution in [3.63, 3.8) is 0 Å². The zero-order chi connectivity index (χ0) is 25.7. The van der Waals surface area contributed by atoms with Crippen molar-refractivity contribution in [3.05, 3.63) is 70.0 Å². The van der Waals surface area contributed by atoms with E-state index in [9.17, 15) is 9.59 Å². The van der Waals surface area contributed by atoms with Gasteiger partial charge in [-0.2, -0.15) is 0 Å². The Hall–Kier alpha value is -3.77. The van der Waals surface area contributed by atoms with Crippen LogP contribution in [0.1, 0.15) is 32.3 Å². The van der Waals surface area contributed by atoms with Crippen LogP contribution in [0.25, 0.3) is 5.69 Å². The fraction of sp³-hybridized carbons (Fsp3) is 0.250. The van der Waals surface area contributed by atoms with E-state index in [1.54, 1.807) is 31.4 Å². The van der Waals surface area contributed by atoms with Crippen LogP contribution in [0.2, 0.25) is 0 Å². The van der Waals surface area contributed by atoms with E-state index in [0.29, 0.717) is 27.4 Å². The predicted octanol–water partition coefficient (Wildman–Crippen LogP) is 3.71. The summed E-state index contributed by atoms with van der Waals surface area (Å²) in [6.07, 6.45) is 0. The molecule has 0 radical (unpaired) electrons. The van der Waals surface area contributed by atoms with E-state index in [1.807, 2.05) is 43.5 Å². The topological polar surface area (TPSA) is 124 Å². The monoisotopic (exact) mass is 523 g/mol. The third-order valence-corrected chi connectivity index (χ3v) is 6.85. The third kappa shape index (κ3) is 6.07. The van der Waals surface area contributed by atoms with Gasteiger partial charge in [0, 0.05) is 5.56 Å². The Morgan fingerprint density at radius 1 is 1.03 bits per heavy atom. The lowest BCUT2D eigenvalue weighted by atomic mass is 10.1. The second-order valence-corrected chi connectivity index (χ2v) is 10.0. The van der Waals surface area contributed by atoms with Gasteiger partial charge in [-0.25, -0.2) is 0 Å². The molecule has 186 valence electrons. The summed E-state index contributed by atoms with van der Waals surface area (Å²) in [6, 6.07) is 12.9. The van der Waals surface area contributed by atoms with Gasteiger partial charge in [0.25, 0.3) is 5.91 Å². The molecule has 0 saturated heterocycles. The fourth-order valence-electron chi connectivity index (χ4n) is 3.35. The first kappa shape index (κ1) is 25.3. The molecule has 2 aromatic carbocycles. The average molecular weight is 524 g/mol. The molecule has 2 N–H and O–H groups in total. The molecular weight excluding hydrogens is 498 g/mol. The minimum absolute atomic E-state index is 0.111. The number of ether oxygens (including phenoxy) is 1. The van der Waals surface area contributed by atoms with Crippen LogP contribution in [-0.4, -0.2) is 49.6 Å². The van der Waals surface area contributed by atoms with Gasteiger partial charge in [-0.15, -0.1) is 20.4 Å². The number of hydrogen-bond acceptors (Lipinski definition) is 9. The summed E-state index contributed by atoms with van der Waals surface area (Å²) in [5.41, 5.74) is 3.47. The highest BCUT2D eigenvalue weighted by Gasteiger charge is 2.19. The van der Waals surface area contributed by atoms with Gasteiger partial charge in [0.15, 0.2) is 11.0 Å². The number of aryl methyl sites for hydroxylation is 3. The van der Waals surface area contributed by atoms with Crippen molar-refractivity contribution < 1.29 is 14.3 Å². The van der Waals surface area contributed by atoms with Gasteiger partial charge in [0.1, 0.15) is 10.8 Å². The molecule has 12 heteroatoms. The van der Waals surface area contributed by atoms with Gasteiger partial charge >= 0.3 is 0 Å². The number of aromatic nitrogens is 5. The Balaban J connectivity index is 1.53. The second-order valence-electron chi connectivity index (χ2n) is 7.90. The van der Waals surface area contributed by atoms with Crippen LogP contribution >= 0.6 is 23.1 Å². The lowest BCUT2D eigenvalue weighted by Crippen LogP contribution is -2.24. The Morgan fingerprint density at radius 3 is 2.50 bits per heavy atom. The van der Waals surface area contributed by atoms with E-state index in [0.717, 1.165) is 21.8 Å². The normalized spacial score (nSPS) is 10.8. The van der Waals surface area contributed by atoms with Crippen molar-refractivity contribution in [3.8, 4) is 11.4 Å². The molecule has 36 heavy (non-hydrogen) atoms. The first-order valence-electron chi connectivity index (χ1n) is 11.0. The molecule has 4 aromatic rings. The first-order valence-corrected chi connectivity index (χ1v) is 12.8. The van der Waals surface area contributed by atoms with Gasteiger partial charge in [0.05, 0.1) is 25.1 Å². The van der Waals surface area contributed by atoms with E-state index >= 15 is 0 Å². The number of methoxy groups -OCH3 is 1. The minimum atomic E-state index is -0.242. The van der Waals surface area contributed by atoms with Gasteiger partial charge in [-0.3, -0.25) is 19.5 Å². The average Bonchev–Trinajstić information content (AvgIpc) is 3.48. The number of carbonyl (C=O) groups is 2. The van der Waals surface area contributed by atoms with Crippen LogP contribution in [0.15, 0.2) is 47.6 Å². The van der Waals surface area contributed by atoms with Gasteiger partial charge in [0.2, 0.25) is 11.0 Å². The van der Waals surface area contributed by atoms with E-state index in [1.165, 1.54) is 23.1 Å². The predicted molar refractivity (Wildman–Crippen MR) is 139 cm³/mol. The summed E-state index contributed by atoms with van der Waals surface area (Å²) in [5, 5.41) is 23.9. The highest BCUT2D eigenvalue weighted by atomic mass is 32.2. The highest BCUT2D eigenvalue weighted by Crippen LogP contribution is 2.26. The molecule has 10 nitrogen and oxygen atoms in total. The number of nitrogens with one attached hydrogen (secondary N) is 2. The molecule has 0 aliphatic heterocycles. The van der Waals surface area contributed by atoms with Crippen LogP contribution in [-0.2, 0) is 11.3 Å². The van der Waals surface area contributed by atoms with Crippen LogP contribution in [0, 0.1) is 20.8 Å². The molecule has 2 aromatic heterocycles. The van der Waals surface area contributed by atoms with Crippen molar-refractivity contribution in [1.29, 1.82) is 0 Å². The number of rotatable bonds is 9. The van der Waals surface area contributed by atoms with Crippen LogP contribution < -0.4 is 15.4 Å². The maximum Gasteiger partial charge on any atom is 0.251 e. The number of thioether (sulfide) groups is 1. The third-order valence-electron chi connectivity index (χ3n) is 5.17. The number of nitrogens with zero attached hydrogens (tertiary/aromatic N) is 5. The summed E-state index contributed by atoms with van der Waals surface area (Å²) in [7, 11) is 1.58. The molecule has 0 aliphatic rings. The summed E-state index contributed by atoms with van der Waals surface area (Å²) in [6.45, 7) is 5.97.